The summed E-state index contributed by atoms with van der Waals surface area (Å²) in [7, 11) is -3.09. The Hall–Kier alpha value is -2.66. The molecule has 0 bridgehead atoms. The Bertz CT molecular complexity index is 1000. The minimum atomic E-state index is -3.09. The zero-order chi connectivity index (χ0) is 17.9. The first-order valence-electron chi connectivity index (χ1n) is 7.83. The normalized spacial score (nSPS) is 11.4. The lowest BCUT2D eigenvalue weighted by molar-refractivity contribution is 0.0474. The molecule has 3 aromatic carbocycles. The van der Waals surface area contributed by atoms with Crippen molar-refractivity contribution >= 4 is 26.6 Å². The molecule has 0 saturated heterocycles. The predicted molar refractivity (Wildman–Crippen MR) is 98.1 cm³/mol. The molecule has 3 rings (SSSR count). The lowest BCUT2D eigenvalue weighted by atomic mass is 10.1. The summed E-state index contributed by atoms with van der Waals surface area (Å²) in [6.07, 6.45) is 1.18. The van der Waals surface area contributed by atoms with Crippen molar-refractivity contribution < 1.29 is 17.9 Å². The molecule has 0 N–H and O–H groups in total. The van der Waals surface area contributed by atoms with Gasteiger partial charge in [0.15, 0.2) is 9.84 Å². The second-order valence-electron chi connectivity index (χ2n) is 5.98. The van der Waals surface area contributed by atoms with Gasteiger partial charge >= 0.3 is 5.97 Å². The first kappa shape index (κ1) is 17.2. The molecular weight excluding hydrogens is 336 g/mol. The third-order valence-electron chi connectivity index (χ3n) is 3.86. The lowest BCUT2D eigenvalue weighted by Gasteiger charge is -2.08. The summed E-state index contributed by atoms with van der Waals surface area (Å²) in [4.78, 5) is 12.2. The highest BCUT2D eigenvalue weighted by atomic mass is 32.2. The number of sulfone groups is 1. The van der Waals surface area contributed by atoms with Crippen LogP contribution in [0.5, 0.6) is 0 Å². The molecule has 0 atom stereocenters. The Balaban J connectivity index is 1.70. The van der Waals surface area contributed by atoms with Crippen LogP contribution in [0.2, 0.25) is 0 Å². The minimum Gasteiger partial charge on any atom is -0.457 e. The number of hydrogen-bond acceptors (Lipinski definition) is 4. The minimum absolute atomic E-state index is 0.0433. The maximum Gasteiger partial charge on any atom is 0.338 e. The summed E-state index contributed by atoms with van der Waals surface area (Å²) < 4.78 is 28.0. The van der Waals surface area contributed by atoms with E-state index in [4.69, 9.17) is 4.74 Å². The molecule has 0 unspecified atom stereocenters. The lowest BCUT2D eigenvalue weighted by Crippen LogP contribution is -2.06. The average molecular weight is 354 g/mol. The van der Waals surface area contributed by atoms with Gasteiger partial charge in [-0.05, 0) is 34.0 Å². The zero-order valence-electron chi connectivity index (χ0n) is 13.8. The van der Waals surface area contributed by atoms with Crippen LogP contribution in [0.15, 0.2) is 66.7 Å². The van der Waals surface area contributed by atoms with E-state index in [0.717, 1.165) is 16.3 Å². The van der Waals surface area contributed by atoms with Crippen LogP contribution in [0.1, 0.15) is 21.5 Å². The average Bonchev–Trinajstić information content (AvgIpc) is 2.59. The third kappa shape index (κ3) is 4.45. The third-order valence-corrected chi connectivity index (χ3v) is 4.71. The molecule has 0 aliphatic carbocycles. The van der Waals surface area contributed by atoms with Crippen LogP contribution >= 0.6 is 0 Å². The number of benzene rings is 3. The number of rotatable bonds is 5. The van der Waals surface area contributed by atoms with Gasteiger partial charge in [0.2, 0.25) is 0 Å². The fourth-order valence-corrected chi connectivity index (χ4v) is 3.48. The van der Waals surface area contributed by atoms with Crippen molar-refractivity contribution in [1.82, 2.24) is 0 Å². The Morgan fingerprint density at radius 3 is 2.32 bits per heavy atom. The van der Waals surface area contributed by atoms with Gasteiger partial charge in [-0.15, -0.1) is 0 Å². The van der Waals surface area contributed by atoms with E-state index in [-0.39, 0.29) is 12.4 Å². The van der Waals surface area contributed by atoms with Crippen LogP contribution in [-0.4, -0.2) is 20.6 Å². The van der Waals surface area contributed by atoms with Gasteiger partial charge in [-0.1, -0.05) is 54.6 Å². The molecule has 3 aromatic rings. The van der Waals surface area contributed by atoms with Crippen molar-refractivity contribution in [3.8, 4) is 0 Å². The van der Waals surface area contributed by atoms with Crippen LogP contribution in [-0.2, 0) is 26.9 Å². The number of fused-ring (bicyclic) bond motifs is 1. The zero-order valence-corrected chi connectivity index (χ0v) is 14.6. The molecule has 5 heteroatoms. The van der Waals surface area contributed by atoms with E-state index >= 15 is 0 Å². The van der Waals surface area contributed by atoms with Gasteiger partial charge in [0, 0.05) is 6.26 Å². The highest BCUT2D eigenvalue weighted by Crippen LogP contribution is 2.19. The molecule has 0 radical (unpaired) electrons. The van der Waals surface area contributed by atoms with Crippen LogP contribution in [0, 0.1) is 0 Å². The molecule has 0 aliphatic rings. The molecule has 4 nitrogen and oxygen atoms in total. The fraction of sp³-hybridized carbons (Fsp3) is 0.150. The maximum absolute atomic E-state index is 12.2. The van der Waals surface area contributed by atoms with E-state index in [0.29, 0.717) is 11.1 Å². The van der Waals surface area contributed by atoms with E-state index in [1.165, 1.54) is 6.26 Å². The summed E-state index contributed by atoms with van der Waals surface area (Å²) in [5.74, 6) is -0.475. The molecule has 0 aromatic heterocycles. The van der Waals surface area contributed by atoms with Crippen LogP contribution in [0.3, 0.4) is 0 Å². The highest BCUT2D eigenvalue weighted by molar-refractivity contribution is 7.89. The summed E-state index contributed by atoms with van der Waals surface area (Å²) >= 11 is 0. The second kappa shape index (κ2) is 7.07. The summed E-state index contributed by atoms with van der Waals surface area (Å²) in [6, 6.07) is 20.3. The quantitative estimate of drug-likeness (QED) is 0.655. The van der Waals surface area contributed by atoms with E-state index in [1.54, 1.807) is 24.3 Å². The Morgan fingerprint density at radius 2 is 1.60 bits per heavy atom. The summed E-state index contributed by atoms with van der Waals surface area (Å²) in [5, 5.41) is 2.16. The molecule has 25 heavy (non-hydrogen) atoms. The van der Waals surface area contributed by atoms with Gasteiger partial charge in [0.05, 0.1) is 11.3 Å². The van der Waals surface area contributed by atoms with Gasteiger partial charge in [-0.2, -0.15) is 0 Å². The molecule has 0 heterocycles. The second-order valence-corrected chi connectivity index (χ2v) is 8.12. The molecule has 128 valence electrons. The van der Waals surface area contributed by atoms with Crippen LogP contribution in [0.4, 0.5) is 0 Å². The highest BCUT2D eigenvalue weighted by Gasteiger charge is 2.10. The number of hydrogen-bond donors (Lipinski definition) is 0. The Kier molecular flexibility index (Phi) is 4.86. The number of esters is 1. The molecule has 0 amide bonds. The van der Waals surface area contributed by atoms with E-state index in [1.807, 2.05) is 42.5 Å². The van der Waals surface area contributed by atoms with Crippen molar-refractivity contribution in [3.05, 3.63) is 83.4 Å². The van der Waals surface area contributed by atoms with Gasteiger partial charge in [-0.25, -0.2) is 13.2 Å². The Labute approximate surface area is 147 Å². The van der Waals surface area contributed by atoms with E-state index in [2.05, 4.69) is 0 Å². The SMILES string of the molecule is CS(=O)(=O)Cc1ccc(C(=O)OCc2cccc3ccccc23)cc1. The largest absolute Gasteiger partial charge is 0.457 e. The topological polar surface area (TPSA) is 60.4 Å². The monoisotopic (exact) mass is 354 g/mol. The van der Waals surface area contributed by atoms with E-state index < -0.39 is 15.8 Å². The van der Waals surface area contributed by atoms with Crippen LogP contribution < -0.4 is 0 Å². The van der Waals surface area contributed by atoms with Crippen molar-refractivity contribution in [1.29, 1.82) is 0 Å². The van der Waals surface area contributed by atoms with Gasteiger partial charge in [0.25, 0.3) is 0 Å². The molecule has 0 spiro atoms. The number of ether oxygens (including phenoxy) is 1. The molecule has 0 fully saturated rings. The smallest absolute Gasteiger partial charge is 0.338 e. The first-order chi connectivity index (χ1) is 11.9. The van der Waals surface area contributed by atoms with Gasteiger partial charge in [-0.3, -0.25) is 0 Å². The van der Waals surface area contributed by atoms with Gasteiger partial charge in [0.1, 0.15) is 6.61 Å². The standard InChI is InChI=1S/C20H18O4S/c1-25(22,23)14-15-9-11-17(12-10-15)20(21)24-13-18-7-4-6-16-5-2-3-8-19(16)18/h2-12H,13-14H2,1H3. The summed E-state index contributed by atoms with van der Waals surface area (Å²) in [5.41, 5.74) is 1.99. The first-order valence-corrected chi connectivity index (χ1v) is 9.89. The fourth-order valence-electron chi connectivity index (χ4n) is 2.68. The Morgan fingerprint density at radius 1 is 0.920 bits per heavy atom. The number of carbonyl (C=O) groups excluding carboxylic acids is 1. The van der Waals surface area contributed by atoms with Gasteiger partial charge < -0.3 is 4.74 Å². The maximum atomic E-state index is 12.2. The molecular formula is C20H18O4S. The summed E-state index contributed by atoms with van der Waals surface area (Å²) in [6.45, 7) is 0.186. The van der Waals surface area contributed by atoms with Crippen molar-refractivity contribution in [2.24, 2.45) is 0 Å². The number of carbonyl (C=O) groups is 1. The molecule has 0 aliphatic heterocycles. The van der Waals surface area contributed by atoms with Crippen LogP contribution in [0.25, 0.3) is 10.8 Å². The predicted octanol–water partition coefficient (Wildman–Crippen LogP) is 3.74. The van der Waals surface area contributed by atoms with Crippen molar-refractivity contribution in [2.75, 3.05) is 6.26 Å². The van der Waals surface area contributed by atoms with Crippen molar-refractivity contribution in [2.45, 2.75) is 12.4 Å². The van der Waals surface area contributed by atoms with Crippen molar-refractivity contribution in [3.63, 3.8) is 0 Å². The van der Waals surface area contributed by atoms with E-state index in [9.17, 15) is 13.2 Å². The molecule has 0 saturated carbocycles.